The highest BCUT2D eigenvalue weighted by molar-refractivity contribution is 7.32. The lowest BCUT2D eigenvalue weighted by molar-refractivity contribution is 0.408. The third-order valence-corrected chi connectivity index (χ3v) is 4.88. The number of methoxy groups -OCH3 is 1. The summed E-state index contributed by atoms with van der Waals surface area (Å²) in [5.41, 5.74) is 5.08. The summed E-state index contributed by atoms with van der Waals surface area (Å²) < 4.78 is 23.7. The topological polar surface area (TPSA) is 73.6 Å². The highest BCUT2D eigenvalue weighted by Gasteiger charge is 2.21. The van der Waals surface area contributed by atoms with Gasteiger partial charge in [0.15, 0.2) is 5.75 Å². The van der Waals surface area contributed by atoms with Gasteiger partial charge in [-0.25, -0.2) is 9.51 Å². The molecule has 1 heterocycles. The van der Waals surface area contributed by atoms with Gasteiger partial charge in [-0.1, -0.05) is 26.0 Å². The molecule has 1 N–H and O–H groups in total. The van der Waals surface area contributed by atoms with E-state index in [2.05, 4.69) is 16.5 Å². The Morgan fingerprint density at radius 3 is 2.54 bits per heavy atom. The molecule has 0 aliphatic heterocycles. The summed E-state index contributed by atoms with van der Waals surface area (Å²) in [7, 11) is -1.02. The van der Waals surface area contributed by atoms with Crippen molar-refractivity contribution in [3.05, 3.63) is 53.3 Å². The average molecular weight is 373 g/mol. The van der Waals surface area contributed by atoms with Gasteiger partial charge < -0.3 is 9.30 Å². The Balaban J connectivity index is 2.07. The molecule has 1 unspecified atom stereocenters. The van der Waals surface area contributed by atoms with E-state index in [1.54, 1.807) is 13.2 Å². The second kappa shape index (κ2) is 7.85. The molecule has 3 aromatic rings. The summed E-state index contributed by atoms with van der Waals surface area (Å²) in [4.78, 5) is 13.6. The molecule has 0 bridgehead atoms. The van der Waals surface area contributed by atoms with Gasteiger partial charge in [-0.05, 0) is 42.2 Å². The van der Waals surface area contributed by atoms with Crippen LogP contribution in [0.15, 0.2) is 36.7 Å². The Hall–Kier alpha value is -2.43. The van der Waals surface area contributed by atoms with Crippen molar-refractivity contribution in [3.8, 4) is 11.5 Å². The number of aromatic nitrogens is 2. The second-order valence-corrected chi connectivity index (χ2v) is 6.57. The van der Waals surface area contributed by atoms with E-state index < -0.39 is 8.25 Å². The molecular weight excluding hydrogens is 351 g/mol. The quantitative estimate of drug-likeness (QED) is 0.627. The zero-order valence-corrected chi connectivity index (χ0v) is 16.0. The third-order valence-electron chi connectivity index (χ3n) is 4.53. The summed E-state index contributed by atoms with van der Waals surface area (Å²) >= 11 is 0. The lowest BCUT2D eigenvalue weighted by Gasteiger charge is -2.15. The second-order valence-electron chi connectivity index (χ2n) is 5.92. The number of imidazole rings is 1. The Bertz CT molecular complexity index is 952. The van der Waals surface area contributed by atoms with Gasteiger partial charge >= 0.3 is 8.25 Å². The van der Waals surface area contributed by atoms with Gasteiger partial charge in [0.25, 0.3) is 0 Å². The summed E-state index contributed by atoms with van der Waals surface area (Å²) in [5.74, 6) is 1.26. The molecule has 1 aromatic heterocycles. The number of rotatable bonds is 7. The number of nitrogens with zero attached hydrogens (tertiary/aromatic N) is 2. The van der Waals surface area contributed by atoms with E-state index in [1.165, 1.54) is 0 Å². The van der Waals surface area contributed by atoms with Crippen molar-refractivity contribution in [3.63, 3.8) is 0 Å². The minimum atomic E-state index is -2.68. The predicted octanol–water partition coefficient (Wildman–Crippen LogP) is 4.25. The maximum atomic E-state index is 11.1. The van der Waals surface area contributed by atoms with Crippen LogP contribution in [0.1, 0.15) is 30.5 Å². The van der Waals surface area contributed by atoms with Gasteiger partial charge in [-0.3, -0.25) is 0 Å². The van der Waals surface area contributed by atoms with Crippen molar-refractivity contribution in [2.24, 2.45) is 0 Å². The van der Waals surface area contributed by atoms with Crippen molar-refractivity contribution in [2.45, 2.75) is 33.2 Å². The van der Waals surface area contributed by atoms with E-state index in [0.717, 1.165) is 46.3 Å². The van der Waals surface area contributed by atoms with E-state index >= 15 is 0 Å². The van der Waals surface area contributed by atoms with Crippen LogP contribution in [0, 0.1) is 0 Å². The fraction of sp³-hybridized carbons (Fsp3) is 0.316. The Labute approximate surface area is 153 Å². The first-order chi connectivity index (χ1) is 12.6. The normalized spacial score (nSPS) is 11.6. The minimum absolute atomic E-state index is 0.477. The van der Waals surface area contributed by atoms with Crippen molar-refractivity contribution >= 4 is 19.3 Å². The lowest BCUT2D eigenvalue weighted by Crippen LogP contribution is -2.06. The molecule has 0 saturated heterocycles. The van der Waals surface area contributed by atoms with Crippen molar-refractivity contribution in [1.29, 1.82) is 0 Å². The van der Waals surface area contributed by atoms with E-state index in [0.29, 0.717) is 12.3 Å². The maximum Gasteiger partial charge on any atom is 0.747 e. The lowest BCUT2D eigenvalue weighted by atomic mass is 9.96. The van der Waals surface area contributed by atoms with Gasteiger partial charge in [-0.15, -0.1) is 4.89 Å². The van der Waals surface area contributed by atoms with Gasteiger partial charge in [0.2, 0.25) is 0 Å². The molecule has 6 nitrogen and oxygen atoms in total. The van der Waals surface area contributed by atoms with Crippen LogP contribution in [0.5, 0.6) is 11.5 Å². The molecule has 0 radical (unpaired) electrons. The fourth-order valence-electron chi connectivity index (χ4n) is 3.43. The molecule has 0 saturated carbocycles. The molecule has 0 aliphatic carbocycles. The van der Waals surface area contributed by atoms with Crippen LogP contribution < -0.4 is 9.26 Å². The molecule has 26 heavy (non-hydrogen) atoms. The molecule has 0 aliphatic rings. The summed E-state index contributed by atoms with van der Waals surface area (Å²) in [6.07, 6.45) is 3.35. The first-order valence-electron chi connectivity index (χ1n) is 8.54. The molecule has 1 atom stereocenters. The predicted molar refractivity (Wildman–Crippen MR) is 101 cm³/mol. The number of hydrogen-bond donors (Lipinski definition) is 1. The van der Waals surface area contributed by atoms with Gasteiger partial charge in [0, 0.05) is 16.7 Å². The van der Waals surface area contributed by atoms with E-state index in [-0.39, 0.29) is 0 Å². The van der Waals surface area contributed by atoms with Crippen LogP contribution in [0.25, 0.3) is 11.0 Å². The SMILES string of the molecule is CCc1c(Cn2cnc3cccc(OC)c32)ccc(O[P+](=O)O)c1CC. The van der Waals surface area contributed by atoms with Crippen molar-refractivity contribution in [2.75, 3.05) is 7.11 Å². The van der Waals surface area contributed by atoms with E-state index in [4.69, 9.17) is 14.2 Å². The number of fused-ring (bicyclic) bond motifs is 1. The molecular formula is C19H22N2O4P+. The number of benzene rings is 2. The van der Waals surface area contributed by atoms with Crippen LogP contribution in [-0.2, 0) is 24.0 Å². The monoisotopic (exact) mass is 373 g/mol. The third kappa shape index (κ3) is 3.43. The van der Waals surface area contributed by atoms with Crippen molar-refractivity contribution in [1.82, 2.24) is 9.55 Å². The molecule has 0 fully saturated rings. The Morgan fingerprint density at radius 1 is 1.12 bits per heavy atom. The molecule has 136 valence electrons. The van der Waals surface area contributed by atoms with E-state index in [1.807, 2.05) is 37.5 Å². The Kier molecular flexibility index (Phi) is 5.55. The molecule has 3 rings (SSSR count). The first kappa shape index (κ1) is 18.4. The fourth-order valence-corrected chi connectivity index (χ4v) is 3.77. The molecule has 0 spiro atoms. The summed E-state index contributed by atoms with van der Waals surface area (Å²) in [5, 5.41) is 0. The number of ether oxygens (including phenoxy) is 1. The zero-order chi connectivity index (χ0) is 18.7. The smallest absolute Gasteiger partial charge is 0.494 e. The van der Waals surface area contributed by atoms with Gasteiger partial charge in [-0.2, -0.15) is 0 Å². The Morgan fingerprint density at radius 2 is 1.88 bits per heavy atom. The van der Waals surface area contributed by atoms with E-state index in [9.17, 15) is 4.57 Å². The molecule has 0 amide bonds. The first-order valence-corrected chi connectivity index (χ1v) is 9.67. The molecule has 2 aromatic carbocycles. The highest BCUT2D eigenvalue weighted by Crippen LogP contribution is 2.33. The van der Waals surface area contributed by atoms with Crippen LogP contribution in [-0.4, -0.2) is 21.6 Å². The average Bonchev–Trinajstić information content (AvgIpc) is 3.05. The van der Waals surface area contributed by atoms with Gasteiger partial charge in [0.1, 0.15) is 11.3 Å². The van der Waals surface area contributed by atoms with Crippen LogP contribution >= 0.6 is 8.25 Å². The van der Waals surface area contributed by atoms with Crippen LogP contribution in [0.3, 0.4) is 0 Å². The zero-order valence-electron chi connectivity index (χ0n) is 15.1. The number of para-hydroxylation sites is 1. The standard InChI is InChI=1S/C19H21N2O4P/c1-4-14-13(9-10-17(15(14)5-2)25-26(22)23)11-21-12-20-16-7-6-8-18(24-3)19(16)21/h6-10,12H,4-5,11H2,1-3H3/p+1. The maximum absolute atomic E-state index is 11.1. The largest absolute Gasteiger partial charge is 0.747 e. The highest BCUT2D eigenvalue weighted by atomic mass is 31.1. The minimum Gasteiger partial charge on any atom is -0.494 e. The molecule has 7 heteroatoms. The van der Waals surface area contributed by atoms with Crippen molar-refractivity contribution < 1.29 is 18.7 Å². The summed E-state index contributed by atoms with van der Waals surface area (Å²) in [6.45, 7) is 4.73. The van der Waals surface area contributed by atoms with Gasteiger partial charge in [0.05, 0.1) is 19.0 Å². The summed E-state index contributed by atoms with van der Waals surface area (Å²) in [6, 6.07) is 9.53. The van der Waals surface area contributed by atoms with Crippen LogP contribution in [0.4, 0.5) is 0 Å². The number of hydrogen-bond acceptors (Lipinski definition) is 4. The van der Waals surface area contributed by atoms with Crippen LogP contribution in [0.2, 0.25) is 0 Å².